The standard InChI is InChI=1S/C24H24N4O7S/c1-17-4-13-22(14-23(17)28(30)31)36(32,33)27(19-7-11-21(35-3)12-8-19)16-24(29)26-25-15-18-5-9-20(34-2)10-6-18/h4-15H,16H2,1-3H3,(H,26,29)/b25-15-. The van der Waals surface area contributed by atoms with Crippen molar-refractivity contribution in [1.82, 2.24) is 5.43 Å². The van der Waals surface area contributed by atoms with Crippen molar-refractivity contribution in [3.05, 3.63) is 88.0 Å². The third kappa shape index (κ3) is 6.16. The van der Waals surface area contributed by atoms with Crippen LogP contribution >= 0.6 is 0 Å². The van der Waals surface area contributed by atoms with Crippen molar-refractivity contribution in [2.24, 2.45) is 5.10 Å². The van der Waals surface area contributed by atoms with Gasteiger partial charge in [0.15, 0.2) is 0 Å². The number of carbonyl (C=O) groups excluding carboxylic acids is 1. The highest BCUT2D eigenvalue weighted by atomic mass is 32.2. The van der Waals surface area contributed by atoms with E-state index < -0.39 is 27.4 Å². The minimum Gasteiger partial charge on any atom is -0.497 e. The number of hydrazone groups is 1. The van der Waals surface area contributed by atoms with Crippen molar-refractivity contribution in [1.29, 1.82) is 0 Å². The Hall–Kier alpha value is -4.45. The number of carbonyl (C=O) groups is 1. The van der Waals surface area contributed by atoms with Gasteiger partial charge in [0.2, 0.25) is 0 Å². The summed E-state index contributed by atoms with van der Waals surface area (Å²) >= 11 is 0. The Morgan fingerprint density at radius 2 is 1.61 bits per heavy atom. The number of nitrogens with zero attached hydrogens (tertiary/aromatic N) is 3. The lowest BCUT2D eigenvalue weighted by molar-refractivity contribution is -0.385. The number of ether oxygens (including phenoxy) is 2. The molecule has 36 heavy (non-hydrogen) atoms. The first kappa shape index (κ1) is 26.2. The van der Waals surface area contributed by atoms with Gasteiger partial charge in [0.05, 0.1) is 35.9 Å². The number of hydrogen-bond acceptors (Lipinski definition) is 8. The Bertz CT molecular complexity index is 1370. The molecule has 0 unspecified atom stereocenters. The molecule has 0 fully saturated rings. The van der Waals surface area contributed by atoms with Crippen molar-refractivity contribution in [3.8, 4) is 11.5 Å². The molecule has 0 aliphatic rings. The van der Waals surface area contributed by atoms with Crippen LogP contribution in [0.4, 0.5) is 11.4 Å². The largest absolute Gasteiger partial charge is 0.497 e. The van der Waals surface area contributed by atoms with E-state index in [1.165, 1.54) is 56.6 Å². The van der Waals surface area contributed by atoms with Crippen LogP contribution in [0.5, 0.6) is 11.5 Å². The van der Waals surface area contributed by atoms with E-state index >= 15 is 0 Å². The highest BCUT2D eigenvalue weighted by Gasteiger charge is 2.29. The fourth-order valence-corrected chi connectivity index (χ4v) is 4.61. The number of hydrogen-bond donors (Lipinski definition) is 1. The quantitative estimate of drug-likeness (QED) is 0.250. The maximum Gasteiger partial charge on any atom is 0.273 e. The van der Waals surface area contributed by atoms with Crippen molar-refractivity contribution >= 4 is 33.5 Å². The number of nitrogens with one attached hydrogen (secondary N) is 1. The van der Waals surface area contributed by atoms with E-state index in [0.717, 1.165) is 10.4 Å². The van der Waals surface area contributed by atoms with Crippen LogP contribution in [-0.4, -0.2) is 46.2 Å². The molecule has 0 radical (unpaired) electrons. The summed E-state index contributed by atoms with van der Waals surface area (Å²) in [4.78, 5) is 23.0. The molecule has 0 saturated carbocycles. The Labute approximate surface area is 208 Å². The van der Waals surface area contributed by atoms with Crippen LogP contribution in [0, 0.1) is 17.0 Å². The zero-order valence-corrected chi connectivity index (χ0v) is 20.6. The lowest BCUT2D eigenvalue weighted by Crippen LogP contribution is -2.39. The fourth-order valence-electron chi connectivity index (χ4n) is 3.17. The van der Waals surface area contributed by atoms with Crippen LogP contribution in [0.25, 0.3) is 0 Å². The molecule has 0 heterocycles. The number of aryl methyl sites for hydroxylation is 1. The molecule has 0 bridgehead atoms. The van der Waals surface area contributed by atoms with Crippen LogP contribution in [0.15, 0.2) is 76.7 Å². The topological polar surface area (TPSA) is 140 Å². The molecular weight excluding hydrogens is 488 g/mol. The lowest BCUT2D eigenvalue weighted by Gasteiger charge is -2.24. The predicted octanol–water partition coefficient (Wildman–Crippen LogP) is 3.27. The van der Waals surface area contributed by atoms with Crippen LogP contribution in [0.3, 0.4) is 0 Å². The maximum absolute atomic E-state index is 13.5. The molecule has 188 valence electrons. The number of methoxy groups -OCH3 is 2. The Morgan fingerprint density at radius 1 is 1.03 bits per heavy atom. The molecule has 11 nitrogen and oxygen atoms in total. The summed E-state index contributed by atoms with van der Waals surface area (Å²) in [5.74, 6) is 0.421. The zero-order chi connectivity index (χ0) is 26.3. The third-order valence-electron chi connectivity index (χ3n) is 5.13. The second-order valence-electron chi connectivity index (χ2n) is 7.48. The number of anilines is 1. The van der Waals surface area contributed by atoms with Crippen LogP contribution in [-0.2, 0) is 14.8 Å². The Balaban J connectivity index is 1.89. The second-order valence-corrected chi connectivity index (χ2v) is 9.34. The Morgan fingerprint density at radius 3 is 2.17 bits per heavy atom. The van der Waals surface area contributed by atoms with Gasteiger partial charge >= 0.3 is 0 Å². The van der Waals surface area contributed by atoms with E-state index in [4.69, 9.17) is 9.47 Å². The van der Waals surface area contributed by atoms with Gasteiger partial charge in [-0.25, -0.2) is 13.8 Å². The summed E-state index contributed by atoms with van der Waals surface area (Å²) in [6, 6.07) is 16.5. The second kappa shape index (κ2) is 11.3. The summed E-state index contributed by atoms with van der Waals surface area (Å²) in [5, 5.41) is 15.2. The minimum atomic E-state index is -4.36. The van der Waals surface area contributed by atoms with Gasteiger partial charge < -0.3 is 9.47 Å². The molecule has 1 amide bonds. The normalized spacial score (nSPS) is 11.2. The van der Waals surface area contributed by atoms with Crippen LogP contribution in [0.2, 0.25) is 0 Å². The fraction of sp³-hybridized carbons (Fsp3) is 0.167. The molecule has 1 N–H and O–H groups in total. The number of nitro benzene ring substituents is 1. The van der Waals surface area contributed by atoms with Gasteiger partial charge in [0.25, 0.3) is 21.6 Å². The predicted molar refractivity (Wildman–Crippen MR) is 134 cm³/mol. The van der Waals surface area contributed by atoms with Crippen molar-refractivity contribution in [2.75, 3.05) is 25.1 Å². The molecular formula is C24H24N4O7S. The van der Waals surface area contributed by atoms with Crippen LogP contribution in [0.1, 0.15) is 11.1 Å². The van der Waals surface area contributed by atoms with Gasteiger partial charge in [-0.05, 0) is 67.1 Å². The SMILES string of the molecule is COc1ccc(/C=N\NC(=O)CN(c2ccc(OC)cc2)S(=O)(=O)c2ccc(C)c([N+](=O)[O-])c2)cc1. The molecule has 0 aliphatic heterocycles. The molecule has 0 spiro atoms. The van der Waals surface area contributed by atoms with Crippen LogP contribution < -0.4 is 19.2 Å². The third-order valence-corrected chi connectivity index (χ3v) is 6.90. The van der Waals surface area contributed by atoms with Gasteiger partial charge in [-0.1, -0.05) is 6.07 Å². The number of rotatable bonds is 10. The summed E-state index contributed by atoms with van der Waals surface area (Å²) in [5.41, 5.74) is 3.11. The Kier molecular flexibility index (Phi) is 8.22. The zero-order valence-electron chi connectivity index (χ0n) is 19.7. The van der Waals surface area contributed by atoms with E-state index in [1.807, 2.05) is 0 Å². The summed E-state index contributed by atoms with van der Waals surface area (Å²) in [6.07, 6.45) is 1.40. The lowest BCUT2D eigenvalue weighted by atomic mass is 10.2. The maximum atomic E-state index is 13.5. The van der Waals surface area contributed by atoms with E-state index in [-0.39, 0.29) is 16.3 Å². The minimum absolute atomic E-state index is 0.160. The van der Waals surface area contributed by atoms with Gasteiger partial charge in [-0.2, -0.15) is 5.10 Å². The van der Waals surface area contributed by atoms with Gasteiger partial charge in [0.1, 0.15) is 18.0 Å². The van der Waals surface area contributed by atoms with Gasteiger partial charge in [0, 0.05) is 11.6 Å². The van der Waals surface area contributed by atoms with E-state index in [9.17, 15) is 23.3 Å². The van der Waals surface area contributed by atoms with Crippen molar-refractivity contribution < 1.29 is 27.6 Å². The molecule has 3 rings (SSSR count). The highest BCUT2D eigenvalue weighted by Crippen LogP contribution is 2.29. The first-order chi connectivity index (χ1) is 17.1. The van der Waals surface area contributed by atoms with Crippen molar-refractivity contribution in [2.45, 2.75) is 11.8 Å². The van der Waals surface area contributed by atoms with E-state index in [0.29, 0.717) is 22.6 Å². The highest BCUT2D eigenvalue weighted by molar-refractivity contribution is 7.92. The average Bonchev–Trinajstić information content (AvgIpc) is 2.87. The summed E-state index contributed by atoms with van der Waals surface area (Å²) < 4.78 is 38.1. The van der Waals surface area contributed by atoms with Gasteiger partial charge in [-0.15, -0.1) is 0 Å². The molecule has 0 aliphatic carbocycles. The first-order valence-electron chi connectivity index (χ1n) is 10.5. The smallest absolute Gasteiger partial charge is 0.273 e. The molecule has 0 saturated heterocycles. The number of sulfonamides is 1. The summed E-state index contributed by atoms with van der Waals surface area (Å²) in [6.45, 7) is 0.875. The molecule has 3 aromatic rings. The molecule has 0 aromatic heterocycles. The molecule has 12 heteroatoms. The first-order valence-corrected chi connectivity index (χ1v) is 12.0. The average molecular weight is 513 g/mol. The van der Waals surface area contributed by atoms with Gasteiger partial charge in [-0.3, -0.25) is 19.2 Å². The number of benzene rings is 3. The molecule has 3 aromatic carbocycles. The van der Waals surface area contributed by atoms with E-state index in [2.05, 4.69) is 10.5 Å². The molecule has 0 atom stereocenters. The monoisotopic (exact) mass is 512 g/mol. The summed E-state index contributed by atoms with van der Waals surface area (Å²) in [7, 11) is -1.36. The van der Waals surface area contributed by atoms with E-state index in [1.54, 1.807) is 31.4 Å². The number of amides is 1. The number of nitro groups is 1. The van der Waals surface area contributed by atoms with Crippen molar-refractivity contribution in [3.63, 3.8) is 0 Å².